The van der Waals surface area contributed by atoms with Gasteiger partial charge in [-0.25, -0.2) is 0 Å². The third-order valence-corrected chi connectivity index (χ3v) is 6.97. The molecule has 3 heterocycles. The summed E-state index contributed by atoms with van der Waals surface area (Å²) in [4.78, 5) is 25.6. The maximum Gasteiger partial charge on any atom is 0.317 e. The van der Waals surface area contributed by atoms with Gasteiger partial charge in [0, 0.05) is 6.42 Å². The normalized spacial score (nSPS) is 42.6. The predicted octanol–water partition coefficient (Wildman–Crippen LogP) is 3.71. The van der Waals surface area contributed by atoms with Gasteiger partial charge in [-0.1, -0.05) is 6.92 Å². The van der Waals surface area contributed by atoms with Crippen molar-refractivity contribution in [2.75, 3.05) is 0 Å². The average molecular weight is 342 g/mol. The van der Waals surface area contributed by atoms with E-state index in [1.54, 1.807) is 6.26 Å². The van der Waals surface area contributed by atoms with Gasteiger partial charge < -0.3 is 13.9 Å². The smallest absolute Gasteiger partial charge is 0.317 e. The molecular formula is C20H22O5. The fourth-order valence-electron chi connectivity index (χ4n) is 5.68. The number of furan rings is 1. The highest BCUT2D eigenvalue weighted by atomic mass is 16.6. The molecule has 2 fully saturated rings. The molecule has 0 radical (unpaired) electrons. The van der Waals surface area contributed by atoms with Gasteiger partial charge >= 0.3 is 11.9 Å². The number of esters is 2. The van der Waals surface area contributed by atoms with Crippen LogP contribution in [0.3, 0.4) is 0 Å². The van der Waals surface area contributed by atoms with E-state index in [4.69, 9.17) is 13.9 Å². The number of rotatable bonds is 1. The van der Waals surface area contributed by atoms with Crippen LogP contribution in [0.25, 0.3) is 0 Å². The SMILES string of the molecule is C[C@@H]1C[C@H]2OC(=O)[C@@]3(C)CCCC(=C23)[C@@]12C[C@@H](c1ccco1)OC2=O. The molecule has 1 aromatic heterocycles. The Kier molecular flexibility index (Phi) is 2.91. The standard InChI is InChI=1S/C20H22O5/c1-11-9-14-16-12(5-3-7-19(16,2)17(21)24-14)20(11)10-15(25-18(20)22)13-6-4-8-23-13/h4,6,8,11,14-15H,3,5,7,9-10H2,1-2H3/t11-,14-,15+,19+,20-/m1/s1. The van der Waals surface area contributed by atoms with Crippen molar-refractivity contribution in [2.45, 2.75) is 58.2 Å². The molecule has 5 rings (SSSR count). The number of ether oxygens (including phenoxy) is 2. The van der Waals surface area contributed by atoms with Crippen LogP contribution in [0.2, 0.25) is 0 Å². The van der Waals surface area contributed by atoms with E-state index in [1.807, 2.05) is 19.1 Å². The van der Waals surface area contributed by atoms with E-state index in [1.165, 1.54) is 0 Å². The number of carbonyl (C=O) groups excluding carboxylic acids is 2. The Bertz CT molecular complexity index is 791. The van der Waals surface area contributed by atoms with Gasteiger partial charge in [0.1, 0.15) is 11.9 Å². The first-order chi connectivity index (χ1) is 12.0. The van der Waals surface area contributed by atoms with Crippen LogP contribution in [-0.4, -0.2) is 18.0 Å². The molecular weight excluding hydrogens is 320 g/mol. The highest BCUT2D eigenvalue weighted by Crippen LogP contribution is 2.63. The van der Waals surface area contributed by atoms with Crippen molar-refractivity contribution in [1.29, 1.82) is 0 Å². The van der Waals surface area contributed by atoms with Crippen LogP contribution in [0.15, 0.2) is 34.0 Å². The van der Waals surface area contributed by atoms with Crippen LogP contribution in [0.1, 0.15) is 57.8 Å². The number of hydrogen-bond acceptors (Lipinski definition) is 5. The zero-order valence-corrected chi connectivity index (χ0v) is 14.5. The summed E-state index contributed by atoms with van der Waals surface area (Å²) < 4.78 is 17.0. The maximum atomic E-state index is 13.1. The molecule has 2 aliphatic carbocycles. The zero-order chi connectivity index (χ0) is 17.4. The highest BCUT2D eigenvalue weighted by Gasteiger charge is 2.65. The summed E-state index contributed by atoms with van der Waals surface area (Å²) in [6, 6.07) is 3.68. The third kappa shape index (κ3) is 1.74. The van der Waals surface area contributed by atoms with Crippen molar-refractivity contribution in [3.05, 3.63) is 35.3 Å². The van der Waals surface area contributed by atoms with Gasteiger partial charge in [-0.2, -0.15) is 0 Å². The Morgan fingerprint density at radius 3 is 2.72 bits per heavy atom. The minimum Gasteiger partial charge on any atom is -0.465 e. The van der Waals surface area contributed by atoms with Gasteiger partial charge in [-0.15, -0.1) is 0 Å². The summed E-state index contributed by atoms with van der Waals surface area (Å²) in [5.74, 6) is 0.494. The topological polar surface area (TPSA) is 65.7 Å². The summed E-state index contributed by atoms with van der Waals surface area (Å²) in [7, 11) is 0. The fraction of sp³-hybridized carbons (Fsp3) is 0.600. The minimum atomic E-state index is -0.640. The van der Waals surface area contributed by atoms with Crippen molar-refractivity contribution >= 4 is 11.9 Å². The molecule has 2 saturated heterocycles. The lowest BCUT2D eigenvalue weighted by molar-refractivity contribution is -0.151. The molecule has 0 N–H and O–H groups in total. The van der Waals surface area contributed by atoms with Crippen molar-refractivity contribution in [1.82, 2.24) is 0 Å². The van der Waals surface area contributed by atoms with Crippen LogP contribution >= 0.6 is 0 Å². The van der Waals surface area contributed by atoms with Gasteiger partial charge in [0.15, 0.2) is 6.10 Å². The average Bonchev–Trinajstić information content (AvgIpc) is 3.25. The van der Waals surface area contributed by atoms with Crippen molar-refractivity contribution in [3.8, 4) is 0 Å². The van der Waals surface area contributed by atoms with Crippen LogP contribution in [0.5, 0.6) is 0 Å². The summed E-state index contributed by atoms with van der Waals surface area (Å²) >= 11 is 0. The van der Waals surface area contributed by atoms with Gasteiger partial charge in [-0.05, 0) is 61.8 Å². The van der Waals surface area contributed by atoms with E-state index in [0.29, 0.717) is 18.6 Å². The molecule has 1 spiro atoms. The second-order valence-electron chi connectivity index (χ2n) is 8.19. The van der Waals surface area contributed by atoms with Gasteiger partial charge in [-0.3, -0.25) is 9.59 Å². The second-order valence-corrected chi connectivity index (χ2v) is 8.19. The lowest BCUT2D eigenvalue weighted by Crippen LogP contribution is -2.45. The zero-order valence-electron chi connectivity index (χ0n) is 14.5. The molecule has 0 bridgehead atoms. The van der Waals surface area contributed by atoms with Gasteiger partial charge in [0.2, 0.25) is 0 Å². The monoisotopic (exact) mass is 342 g/mol. The van der Waals surface area contributed by atoms with E-state index in [0.717, 1.165) is 30.4 Å². The molecule has 0 unspecified atom stereocenters. The molecule has 5 atom stereocenters. The van der Waals surface area contributed by atoms with Crippen LogP contribution in [0.4, 0.5) is 0 Å². The van der Waals surface area contributed by atoms with Crippen molar-refractivity contribution < 1.29 is 23.5 Å². The molecule has 4 aliphatic rings. The molecule has 1 aromatic rings. The molecule has 5 heteroatoms. The first kappa shape index (κ1) is 15.2. The number of cyclic esters (lactones) is 1. The van der Waals surface area contributed by atoms with E-state index in [2.05, 4.69) is 6.92 Å². The van der Waals surface area contributed by atoms with E-state index in [-0.39, 0.29) is 30.1 Å². The molecule has 0 amide bonds. The fourth-order valence-corrected chi connectivity index (χ4v) is 5.68. The maximum absolute atomic E-state index is 13.1. The molecule has 0 saturated carbocycles. The molecule has 2 aliphatic heterocycles. The largest absolute Gasteiger partial charge is 0.465 e. The first-order valence-corrected chi connectivity index (χ1v) is 9.16. The van der Waals surface area contributed by atoms with E-state index < -0.39 is 10.8 Å². The van der Waals surface area contributed by atoms with Crippen LogP contribution in [-0.2, 0) is 19.1 Å². The number of fused-ring (bicyclic) bond motifs is 1. The lowest BCUT2D eigenvalue weighted by atomic mass is 9.55. The minimum absolute atomic E-state index is 0.0805. The number of hydrogen-bond donors (Lipinski definition) is 0. The summed E-state index contributed by atoms with van der Waals surface area (Å²) in [6.07, 6.45) is 4.95. The summed E-state index contributed by atoms with van der Waals surface area (Å²) in [5.41, 5.74) is 1.00. The second kappa shape index (κ2) is 4.77. The van der Waals surface area contributed by atoms with Crippen LogP contribution < -0.4 is 0 Å². The molecule has 5 nitrogen and oxygen atoms in total. The predicted molar refractivity (Wildman–Crippen MR) is 87.2 cm³/mol. The molecule has 25 heavy (non-hydrogen) atoms. The first-order valence-electron chi connectivity index (χ1n) is 9.16. The Hall–Kier alpha value is -2.04. The molecule has 132 valence electrons. The Morgan fingerprint density at radius 1 is 1.16 bits per heavy atom. The van der Waals surface area contributed by atoms with E-state index >= 15 is 0 Å². The van der Waals surface area contributed by atoms with Gasteiger partial charge in [0.25, 0.3) is 0 Å². The van der Waals surface area contributed by atoms with E-state index in [9.17, 15) is 9.59 Å². The number of carbonyl (C=O) groups is 2. The van der Waals surface area contributed by atoms with Gasteiger partial charge in [0.05, 0.1) is 17.1 Å². The Morgan fingerprint density at radius 2 is 1.96 bits per heavy atom. The van der Waals surface area contributed by atoms with Crippen LogP contribution in [0, 0.1) is 16.7 Å². The summed E-state index contributed by atoms with van der Waals surface area (Å²) in [5, 5.41) is 0. The molecule has 0 aromatic carbocycles. The quantitative estimate of drug-likeness (QED) is 0.575. The lowest BCUT2D eigenvalue weighted by Gasteiger charge is -2.45. The Labute approximate surface area is 146 Å². The highest BCUT2D eigenvalue weighted by molar-refractivity contribution is 5.89. The Balaban J connectivity index is 1.66. The van der Waals surface area contributed by atoms with Crippen molar-refractivity contribution in [2.24, 2.45) is 16.7 Å². The van der Waals surface area contributed by atoms with Crippen molar-refractivity contribution in [3.63, 3.8) is 0 Å². The third-order valence-electron chi connectivity index (χ3n) is 6.97. The summed E-state index contributed by atoms with van der Waals surface area (Å²) in [6.45, 7) is 4.07.